The monoisotopic (exact) mass is 315 g/mol. The average molecular weight is 315 g/mol. The molecule has 0 fully saturated rings. The number of nitrogens with one attached hydrogen (secondary N) is 1. The minimum atomic E-state index is -0.223. The van der Waals surface area contributed by atoms with E-state index in [0.717, 1.165) is 5.69 Å². The van der Waals surface area contributed by atoms with E-state index in [1.54, 1.807) is 36.4 Å². The molecule has 3 rings (SSSR count). The highest BCUT2D eigenvalue weighted by atomic mass is 16.5. The normalized spacial score (nSPS) is 9.79. The van der Waals surface area contributed by atoms with Crippen molar-refractivity contribution in [1.29, 1.82) is 5.26 Å². The second kappa shape index (κ2) is 7.07. The first kappa shape index (κ1) is 15.3. The summed E-state index contributed by atoms with van der Waals surface area (Å²) in [6.07, 6.45) is 1.43. The fraction of sp³-hybridized carbons (Fsp3) is 0. The van der Waals surface area contributed by atoms with E-state index in [-0.39, 0.29) is 5.91 Å². The number of carbonyl (C=O) groups excluding carboxylic acids is 1. The van der Waals surface area contributed by atoms with Crippen LogP contribution in [0, 0.1) is 11.3 Å². The molecule has 0 spiro atoms. The zero-order valence-corrected chi connectivity index (χ0v) is 12.6. The Labute approximate surface area is 139 Å². The van der Waals surface area contributed by atoms with Gasteiger partial charge in [0.25, 0.3) is 5.91 Å². The number of rotatable bonds is 4. The van der Waals surface area contributed by atoms with E-state index in [1.807, 2.05) is 36.4 Å². The van der Waals surface area contributed by atoms with E-state index >= 15 is 0 Å². The number of carbonyl (C=O) groups is 1. The summed E-state index contributed by atoms with van der Waals surface area (Å²) in [5.41, 5.74) is 1.66. The molecule has 0 radical (unpaired) electrons. The number of pyridine rings is 1. The third-order valence-electron chi connectivity index (χ3n) is 3.22. The standard InChI is InChI=1S/C19H13N3O2/c20-12-14-9-10-18(21-13-14)24-17-8-4-5-15(11-17)19(23)22-16-6-2-1-3-7-16/h1-11,13H,(H,22,23). The molecular formula is C19H13N3O2. The van der Waals surface area contributed by atoms with Gasteiger partial charge in [-0.05, 0) is 36.4 Å². The first-order valence-corrected chi connectivity index (χ1v) is 7.25. The lowest BCUT2D eigenvalue weighted by atomic mass is 10.2. The van der Waals surface area contributed by atoms with Gasteiger partial charge in [0.2, 0.25) is 5.88 Å². The summed E-state index contributed by atoms with van der Waals surface area (Å²) in [6, 6.07) is 21.3. The fourth-order valence-electron chi connectivity index (χ4n) is 2.05. The van der Waals surface area contributed by atoms with Gasteiger partial charge in [-0.2, -0.15) is 5.26 Å². The van der Waals surface area contributed by atoms with Crippen LogP contribution in [0.1, 0.15) is 15.9 Å². The maximum Gasteiger partial charge on any atom is 0.255 e. The summed E-state index contributed by atoms with van der Waals surface area (Å²) in [6.45, 7) is 0. The molecule has 1 N–H and O–H groups in total. The van der Waals surface area contributed by atoms with E-state index in [9.17, 15) is 4.79 Å². The summed E-state index contributed by atoms with van der Waals surface area (Å²) < 4.78 is 5.62. The van der Waals surface area contributed by atoms with Crippen LogP contribution in [-0.4, -0.2) is 10.9 Å². The van der Waals surface area contributed by atoms with E-state index in [4.69, 9.17) is 10.00 Å². The van der Waals surface area contributed by atoms with Crippen LogP contribution in [0.25, 0.3) is 0 Å². The third-order valence-corrected chi connectivity index (χ3v) is 3.22. The van der Waals surface area contributed by atoms with E-state index in [0.29, 0.717) is 22.8 Å². The first-order valence-electron chi connectivity index (χ1n) is 7.25. The molecule has 1 aromatic heterocycles. The Kier molecular flexibility index (Phi) is 4.50. The molecule has 3 aromatic rings. The molecule has 0 aliphatic carbocycles. The van der Waals surface area contributed by atoms with Gasteiger partial charge in [-0.1, -0.05) is 24.3 Å². The number of nitriles is 1. The van der Waals surface area contributed by atoms with Gasteiger partial charge >= 0.3 is 0 Å². The molecule has 0 aliphatic heterocycles. The number of benzene rings is 2. The number of para-hydroxylation sites is 1. The molecule has 0 bridgehead atoms. The number of hydrogen-bond acceptors (Lipinski definition) is 4. The second-order valence-electron chi connectivity index (χ2n) is 4.95. The maximum atomic E-state index is 12.3. The van der Waals surface area contributed by atoms with Gasteiger partial charge in [0.05, 0.1) is 5.56 Å². The van der Waals surface area contributed by atoms with Crippen LogP contribution >= 0.6 is 0 Å². The molecule has 24 heavy (non-hydrogen) atoms. The van der Waals surface area contributed by atoms with Crippen molar-refractivity contribution >= 4 is 11.6 Å². The van der Waals surface area contributed by atoms with Crippen molar-refractivity contribution in [2.24, 2.45) is 0 Å². The van der Waals surface area contributed by atoms with Crippen LogP contribution in [0.4, 0.5) is 5.69 Å². The Morgan fingerprint density at radius 3 is 2.58 bits per heavy atom. The van der Waals surface area contributed by atoms with Crippen LogP contribution < -0.4 is 10.1 Å². The van der Waals surface area contributed by atoms with Gasteiger partial charge in [-0.15, -0.1) is 0 Å². The van der Waals surface area contributed by atoms with Gasteiger partial charge in [-0.3, -0.25) is 4.79 Å². The zero-order chi connectivity index (χ0) is 16.8. The van der Waals surface area contributed by atoms with Crippen molar-refractivity contribution in [3.63, 3.8) is 0 Å². The molecule has 2 aromatic carbocycles. The summed E-state index contributed by atoms with van der Waals surface area (Å²) in [5.74, 6) is 0.627. The maximum absolute atomic E-state index is 12.3. The molecule has 1 amide bonds. The van der Waals surface area contributed by atoms with Crippen molar-refractivity contribution in [3.8, 4) is 17.7 Å². The molecule has 5 nitrogen and oxygen atoms in total. The Morgan fingerprint density at radius 1 is 1.04 bits per heavy atom. The van der Waals surface area contributed by atoms with Gasteiger partial charge in [-0.25, -0.2) is 4.98 Å². The van der Waals surface area contributed by atoms with Gasteiger partial charge < -0.3 is 10.1 Å². The van der Waals surface area contributed by atoms with Crippen molar-refractivity contribution in [2.75, 3.05) is 5.32 Å². The number of aromatic nitrogens is 1. The Bertz CT molecular complexity index is 884. The van der Waals surface area contributed by atoms with Crippen LogP contribution in [0.5, 0.6) is 11.6 Å². The zero-order valence-electron chi connectivity index (χ0n) is 12.6. The number of ether oxygens (including phenoxy) is 1. The predicted octanol–water partition coefficient (Wildman–Crippen LogP) is 4.00. The van der Waals surface area contributed by atoms with Gasteiger partial charge in [0.1, 0.15) is 11.8 Å². The van der Waals surface area contributed by atoms with Crippen LogP contribution in [0.2, 0.25) is 0 Å². The molecular weight excluding hydrogens is 302 g/mol. The number of amides is 1. The third kappa shape index (κ3) is 3.76. The Hall–Kier alpha value is -3.65. The van der Waals surface area contributed by atoms with Crippen molar-refractivity contribution < 1.29 is 9.53 Å². The molecule has 1 heterocycles. The van der Waals surface area contributed by atoms with Crippen molar-refractivity contribution in [2.45, 2.75) is 0 Å². The van der Waals surface area contributed by atoms with Gasteiger partial charge in [0.15, 0.2) is 0 Å². The molecule has 0 saturated heterocycles. The van der Waals surface area contributed by atoms with E-state index in [2.05, 4.69) is 10.3 Å². The lowest BCUT2D eigenvalue weighted by molar-refractivity contribution is 0.102. The van der Waals surface area contributed by atoms with Gasteiger partial charge in [0, 0.05) is 23.5 Å². The lowest BCUT2D eigenvalue weighted by Gasteiger charge is -2.08. The quantitative estimate of drug-likeness (QED) is 0.789. The van der Waals surface area contributed by atoms with Crippen molar-refractivity contribution in [3.05, 3.63) is 84.1 Å². The smallest absolute Gasteiger partial charge is 0.255 e. The molecule has 0 unspecified atom stereocenters. The summed E-state index contributed by atoms with van der Waals surface area (Å²) >= 11 is 0. The van der Waals surface area contributed by atoms with Crippen LogP contribution in [-0.2, 0) is 0 Å². The predicted molar refractivity (Wildman–Crippen MR) is 89.9 cm³/mol. The minimum absolute atomic E-state index is 0.223. The highest BCUT2D eigenvalue weighted by Gasteiger charge is 2.08. The number of nitrogens with zero attached hydrogens (tertiary/aromatic N) is 2. The molecule has 5 heteroatoms. The highest BCUT2D eigenvalue weighted by molar-refractivity contribution is 6.04. The van der Waals surface area contributed by atoms with Crippen LogP contribution in [0.3, 0.4) is 0 Å². The Morgan fingerprint density at radius 2 is 1.88 bits per heavy atom. The summed E-state index contributed by atoms with van der Waals surface area (Å²) in [4.78, 5) is 16.3. The van der Waals surface area contributed by atoms with Crippen LogP contribution in [0.15, 0.2) is 72.9 Å². The molecule has 0 saturated carbocycles. The SMILES string of the molecule is N#Cc1ccc(Oc2cccc(C(=O)Nc3ccccc3)c2)nc1. The van der Waals surface area contributed by atoms with Crippen molar-refractivity contribution in [1.82, 2.24) is 4.98 Å². The average Bonchev–Trinajstić information content (AvgIpc) is 2.63. The summed E-state index contributed by atoms with van der Waals surface area (Å²) in [7, 11) is 0. The molecule has 0 aliphatic rings. The largest absolute Gasteiger partial charge is 0.439 e. The Balaban J connectivity index is 1.73. The lowest BCUT2D eigenvalue weighted by Crippen LogP contribution is -2.11. The molecule has 0 atom stereocenters. The molecule has 116 valence electrons. The number of anilines is 1. The highest BCUT2D eigenvalue weighted by Crippen LogP contribution is 2.21. The topological polar surface area (TPSA) is 75.0 Å². The summed E-state index contributed by atoms with van der Waals surface area (Å²) in [5, 5.41) is 11.6. The first-order chi connectivity index (χ1) is 11.7. The fourth-order valence-corrected chi connectivity index (χ4v) is 2.05. The second-order valence-corrected chi connectivity index (χ2v) is 4.95. The minimum Gasteiger partial charge on any atom is -0.439 e. The number of hydrogen-bond donors (Lipinski definition) is 1. The van der Waals surface area contributed by atoms with E-state index in [1.165, 1.54) is 6.20 Å². The van der Waals surface area contributed by atoms with E-state index < -0.39 is 0 Å².